The average molecular weight is 1910 g/mol. The van der Waals surface area contributed by atoms with Crippen LogP contribution in [0.3, 0.4) is 0 Å². The molecule has 3 aromatic heterocycles. The first kappa shape index (κ1) is 105. The van der Waals surface area contributed by atoms with Gasteiger partial charge in [-0.05, 0) is 314 Å². The van der Waals surface area contributed by atoms with Gasteiger partial charge in [0.25, 0.3) is 17.7 Å². The van der Waals surface area contributed by atoms with E-state index in [2.05, 4.69) is 44.8 Å². The Bertz CT molecular complexity index is 6160. The van der Waals surface area contributed by atoms with Crippen LogP contribution in [-0.2, 0) is 25.7 Å². The maximum atomic E-state index is 13.2. The van der Waals surface area contributed by atoms with Crippen LogP contribution in [0.2, 0.25) is 0 Å². The Balaban J connectivity index is 0.000000166. The molecular weight excluding hydrogens is 1780 g/mol. The second kappa shape index (κ2) is 52.5. The number of aliphatic carboxylic acids is 2. The van der Waals surface area contributed by atoms with E-state index >= 15 is 0 Å². The standard InChI is InChI=1S/C36H45N5O5.C28H36N4O3.C23H24N2O4.C14H20N2O.C9H8O4/c1-40(2)20-8-19-37-34(42)24-46-29-15-12-26(13-16-29)35-39-30-22-27(14-17-31(30)41(35)28-9-6-5-7-10-28)36(43)38-23-25-11-18-32(44-3)33(21-25)45-4;1-20(33)22-12-15-26-25(18-22)30-28(32(26)23-8-5-4-6-9-23)21-10-13-24(14-11-21)35-19-27(34)29-16-7-17-31(2)3;1-15(26)17-9-12-21-20(13-17)24-23(25(21)18-5-3-2-4-6-18)16-7-10-19(11-8-16)29-14-22(27)28;1-10(17)11-7-8-14(13(15)9-11)16-12-5-3-2-4-6-12;10-5-7-1-3-8(4-2-7)13-6-9(11)12/h11-18,21-22,28H,5-10,19-20,23-24H2,1-4H3,(H,37,42)(H,38,43);10-15,18,23H,4-9,16-17,19H2,1-3H3,(H,29,34);7-13,18H,2-6,14H2,1H3,(H,27,28);7-9,12,16H,2-6,15H2,1H3;1-5H,6H2,(H,11,12). The summed E-state index contributed by atoms with van der Waals surface area (Å²) in [5.41, 5.74) is 20.1. The lowest BCUT2D eigenvalue weighted by Crippen LogP contribution is -2.31. The fourth-order valence-electron chi connectivity index (χ4n) is 17.9. The summed E-state index contributed by atoms with van der Waals surface area (Å²) in [5.74, 6) is 3.81. The molecule has 3 heterocycles. The van der Waals surface area contributed by atoms with E-state index in [-0.39, 0.29) is 61.5 Å². The number of hydrogen-bond acceptors (Lipinski definition) is 22. The van der Waals surface area contributed by atoms with E-state index in [1.54, 1.807) is 77.5 Å². The molecule has 4 saturated carbocycles. The van der Waals surface area contributed by atoms with Gasteiger partial charge >= 0.3 is 11.9 Å². The van der Waals surface area contributed by atoms with Gasteiger partial charge in [-0.25, -0.2) is 24.5 Å². The zero-order valence-electron chi connectivity index (χ0n) is 81.9. The molecule has 0 radical (unpaired) electrons. The number of carboxylic acids is 2. The molecule has 8 N–H and O–H groups in total. The number of hydrogen-bond donors (Lipinski definition) is 7. The number of aromatic nitrogens is 6. The number of nitrogens with two attached hydrogens (primary N) is 1. The molecule has 740 valence electrons. The summed E-state index contributed by atoms with van der Waals surface area (Å²) in [6.45, 7) is 7.41. The van der Waals surface area contributed by atoms with Gasteiger partial charge in [-0.1, -0.05) is 83.1 Å². The van der Waals surface area contributed by atoms with Crippen molar-refractivity contribution < 1.29 is 81.8 Å². The third kappa shape index (κ3) is 30.4. The van der Waals surface area contributed by atoms with Crippen molar-refractivity contribution in [3.8, 4) is 68.7 Å². The molecule has 30 nitrogen and oxygen atoms in total. The van der Waals surface area contributed by atoms with Crippen molar-refractivity contribution in [3.05, 3.63) is 221 Å². The second-order valence-corrected chi connectivity index (χ2v) is 36.4. The van der Waals surface area contributed by atoms with Crippen LogP contribution >= 0.6 is 0 Å². The first-order valence-electron chi connectivity index (χ1n) is 48.6. The molecule has 12 aromatic rings. The van der Waals surface area contributed by atoms with Gasteiger partial charge in [0, 0.05) is 88.3 Å². The summed E-state index contributed by atoms with van der Waals surface area (Å²) < 4.78 is 39.3. The van der Waals surface area contributed by atoms with E-state index in [0.717, 1.165) is 143 Å². The maximum absolute atomic E-state index is 13.2. The number of carbonyl (C=O) groups is 9. The minimum Gasteiger partial charge on any atom is -0.493 e. The van der Waals surface area contributed by atoms with Crippen LogP contribution in [0.25, 0.3) is 67.3 Å². The van der Waals surface area contributed by atoms with Crippen LogP contribution < -0.4 is 55.4 Å². The number of Topliss-reactive ketones (excluding diaryl/α,β-unsaturated/α-hetero) is 3. The molecular formula is C110H133N13O17. The molecule has 4 fully saturated rings. The van der Waals surface area contributed by atoms with Gasteiger partial charge in [-0.2, -0.15) is 0 Å². The number of benzene rings is 9. The van der Waals surface area contributed by atoms with E-state index in [1.165, 1.54) is 89.9 Å². The number of nitrogens with one attached hydrogen (secondary N) is 4. The van der Waals surface area contributed by atoms with Crippen LogP contribution in [0.15, 0.2) is 188 Å². The molecule has 0 spiro atoms. The summed E-state index contributed by atoms with van der Waals surface area (Å²) in [5, 5.41) is 29.3. The molecule has 140 heavy (non-hydrogen) atoms. The van der Waals surface area contributed by atoms with E-state index in [9.17, 15) is 43.2 Å². The van der Waals surface area contributed by atoms with Gasteiger partial charge in [0.1, 0.15) is 46.8 Å². The zero-order valence-corrected chi connectivity index (χ0v) is 81.9. The monoisotopic (exact) mass is 1910 g/mol. The van der Waals surface area contributed by atoms with Crippen LogP contribution in [0, 0.1) is 0 Å². The molecule has 9 aromatic carbocycles. The minimum absolute atomic E-state index is 0.00425. The highest BCUT2D eigenvalue weighted by atomic mass is 16.5. The fraction of sp³-hybridized carbons (Fsp3) is 0.400. The molecule has 0 saturated heterocycles. The number of methoxy groups -OCH3 is 2. The number of aldehydes is 1. The number of ketones is 3. The largest absolute Gasteiger partial charge is 0.493 e. The number of nitrogens with zero attached hydrogens (tertiary/aromatic N) is 8. The predicted octanol–water partition coefficient (Wildman–Crippen LogP) is 19.5. The Labute approximate surface area is 818 Å². The number of imidazole rings is 3. The van der Waals surface area contributed by atoms with Crippen LogP contribution in [-0.4, -0.2) is 203 Å². The highest BCUT2D eigenvalue weighted by molar-refractivity contribution is 6.00. The number of carboxylic acid groups (broad SMARTS) is 2. The van der Waals surface area contributed by atoms with Crippen LogP contribution in [0.4, 0.5) is 11.4 Å². The smallest absolute Gasteiger partial charge is 0.341 e. The van der Waals surface area contributed by atoms with Gasteiger partial charge < -0.3 is 89.1 Å². The molecule has 0 atom stereocenters. The fourth-order valence-corrected chi connectivity index (χ4v) is 17.9. The van der Waals surface area contributed by atoms with Crippen molar-refractivity contribution in [3.63, 3.8) is 0 Å². The van der Waals surface area contributed by atoms with E-state index in [0.29, 0.717) is 118 Å². The molecule has 16 rings (SSSR count). The van der Waals surface area contributed by atoms with Crippen LogP contribution in [0.1, 0.15) is 238 Å². The first-order chi connectivity index (χ1) is 67.7. The Morgan fingerprint density at radius 3 is 1.11 bits per heavy atom. The number of ether oxygens (including phenoxy) is 6. The van der Waals surface area contributed by atoms with Gasteiger partial charge in [-0.15, -0.1) is 0 Å². The number of nitrogen functional groups attached to an aromatic ring is 1. The Morgan fingerprint density at radius 1 is 0.407 bits per heavy atom. The van der Waals surface area contributed by atoms with Gasteiger partial charge in [0.2, 0.25) is 0 Å². The van der Waals surface area contributed by atoms with E-state index in [4.69, 9.17) is 59.3 Å². The molecule has 0 unspecified atom stereocenters. The normalized spacial score (nSPS) is 14.0. The van der Waals surface area contributed by atoms with Crippen molar-refractivity contribution in [1.29, 1.82) is 0 Å². The molecule has 3 amide bonds. The maximum Gasteiger partial charge on any atom is 0.341 e. The summed E-state index contributed by atoms with van der Waals surface area (Å²) in [7, 11) is 11.2. The van der Waals surface area contributed by atoms with Gasteiger partial charge in [0.15, 0.2) is 55.3 Å². The van der Waals surface area contributed by atoms with Gasteiger partial charge in [0.05, 0.1) is 58.7 Å². The number of rotatable bonds is 37. The average Bonchev–Trinajstić information content (AvgIpc) is 1.62. The Morgan fingerprint density at radius 2 is 0.757 bits per heavy atom. The van der Waals surface area contributed by atoms with Crippen molar-refractivity contribution in [2.75, 3.05) is 106 Å². The lowest BCUT2D eigenvalue weighted by atomic mass is 9.94. The Hall–Kier alpha value is -14.3. The molecule has 30 heteroatoms. The lowest BCUT2D eigenvalue weighted by Gasteiger charge is -2.25. The Kier molecular flexibility index (Phi) is 39.2. The third-order valence-corrected chi connectivity index (χ3v) is 25.3. The number of anilines is 2. The summed E-state index contributed by atoms with van der Waals surface area (Å²) in [6.07, 6.45) is 26.6. The molecule has 4 aliphatic carbocycles. The summed E-state index contributed by atoms with van der Waals surface area (Å²) in [6, 6.07) is 59.2. The van der Waals surface area contributed by atoms with Crippen molar-refractivity contribution in [2.45, 2.75) is 193 Å². The number of carbonyl (C=O) groups excluding carboxylic acids is 7. The predicted molar refractivity (Wildman–Crippen MR) is 545 cm³/mol. The SMILES string of the molecule is CC(=O)c1ccc(NC2CCCCC2)c(N)c1.CC(=O)c1ccc2c(c1)nc(-c1ccc(OCC(=O)NCCCN(C)C)cc1)n2C1CCCCC1.CC(=O)c1ccc2c(c1)nc(-c1ccc(OCC(=O)O)cc1)n2C1CCCCC1.COc1ccc(CNC(=O)c2ccc3c(c2)nc(-c2ccc(OCC(=O)NCCCN(C)C)cc2)n3C2CCCCC2)cc1OC.O=Cc1ccc(OCC(=O)O)cc1. The highest BCUT2D eigenvalue weighted by Crippen LogP contribution is 2.42. The summed E-state index contributed by atoms with van der Waals surface area (Å²) in [4.78, 5) is 123. The molecule has 4 aliphatic rings. The van der Waals surface area contributed by atoms with Gasteiger partial charge in [-0.3, -0.25) is 33.6 Å². The first-order valence-corrected chi connectivity index (χ1v) is 48.6. The molecule has 0 aliphatic heterocycles. The topological polar surface area (TPSA) is 384 Å². The van der Waals surface area contributed by atoms with Crippen molar-refractivity contribution >= 4 is 97.8 Å². The third-order valence-electron chi connectivity index (χ3n) is 25.3. The number of amides is 3. The van der Waals surface area contributed by atoms with Crippen molar-refractivity contribution in [2.24, 2.45) is 0 Å². The lowest BCUT2D eigenvalue weighted by molar-refractivity contribution is -0.140. The second-order valence-electron chi connectivity index (χ2n) is 36.4. The van der Waals surface area contributed by atoms with E-state index < -0.39 is 11.9 Å². The molecule has 0 bridgehead atoms. The van der Waals surface area contributed by atoms with Crippen molar-refractivity contribution in [1.82, 2.24) is 54.4 Å². The highest BCUT2D eigenvalue weighted by Gasteiger charge is 2.28. The number of fused-ring (bicyclic) bond motifs is 3. The van der Waals surface area contributed by atoms with Crippen LogP contribution in [0.5, 0.6) is 34.5 Å². The summed E-state index contributed by atoms with van der Waals surface area (Å²) >= 11 is 0. The quantitative estimate of drug-likeness (QED) is 0.00823. The van der Waals surface area contributed by atoms with E-state index in [1.807, 2.05) is 174 Å². The zero-order chi connectivity index (χ0) is 99.6. The minimum atomic E-state index is -1.03.